The molecule has 10 heteroatoms. The zero-order chi connectivity index (χ0) is 20.6. The van der Waals surface area contributed by atoms with Gasteiger partial charge in [0.1, 0.15) is 0 Å². The summed E-state index contributed by atoms with van der Waals surface area (Å²) >= 11 is 0. The number of carbonyl (C=O) groups is 2. The second-order valence-corrected chi connectivity index (χ2v) is 8.47. The van der Waals surface area contributed by atoms with Crippen molar-refractivity contribution in [2.45, 2.75) is 43.4 Å². The summed E-state index contributed by atoms with van der Waals surface area (Å²) in [6, 6.07) is 2.24. The van der Waals surface area contributed by atoms with Crippen molar-refractivity contribution in [3.05, 3.63) is 29.8 Å². The number of nitrogens with one attached hydrogen (secondary N) is 3. The van der Waals surface area contributed by atoms with Crippen LogP contribution in [0.5, 0.6) is 0 Å². The second-order valence-electron chi connectivity index (χ2n) is 6.70. The smallest absolute Gasteiger partial charge is 0.240 e. The molecule has 0 atom stereocenters. The van der Waals surface area contributed by atoms with Gasteiger partial charge >= 0.3 is 0 Å². The standard InChI is InChI=1S/C18H25F2N3O4S/c19-15-7-6-14(12-16(15)20)28(26,27)23-9-8-17(24)21-10-11-22-18(25)13-4-2-1-3-5-13/h6-7,12-13,23H,1-5,8-11H2,(H,21,24)(H,22,25). The van der Waals surface area contributed by atoms with E-state index in [-0.39, 0.29) is 37.2 Å². The molecule has 2 rings (SSSR count). The molecule has 3 N–H and O–H groups in total. The quantitative estimate of drug-likeness (QED) is 0.529. The van der Waals surface area contributed by atoms with E-state index >= 15 is 0 Å². The van der Waals surface area contributed by atoms with Crippen LogP contribution < -0.4 is 15.4 Å². The number of halogens is 2. The van der Waals surface area contributed by atoms with Gasteiger partial charge in [-0.2, -0.15) is 0 Å². The molecule has 156 valence electrons. The largest absolute Gasteiger partial charge is 0.354 e. The van der Waals surface area contributed by atoms with E-state index in [1.54, 1.807) is 0 Å². The van der Waals surface area contributed by atoms with Crippen LogP contribution in [0.15, 0.2) is 23.1 Å². The minimum absolute atomic E-state index is 0.00763. The highest BCUT2D eigenvalue weighted by Crippen LogP contribution is 2.23. The van der Waals surface area contributed by atoms with E-state index in [1.807, 2.05) is 0 Å². The average molecular weight is 417 g/mol. The van der Waals surface area contributed by atoms with Crippen LogP contribution in [-0.4, -0.2) is 39.9 Å². The Labute approximate surface area is 163 Å². The number of rotatable bonds is 9. The topological polar surface area (TPSA) is 104 Å². The molecule has 0 aliphatic heterocycles. The first-order chi connectivity index (χ1) is 13.3. The Morgan fingerprint density at radius 3 is 2.32 bits per heavy atom. The molecule has 0 radical (unpaired) electrons. The van der Waals surface area contributed by atoms with E-state index in [9.17, 15) is 26.8 Å². The monoisotopic (exact) mass is 417 g/mol. The van der Waals surface area contributed by atoms with Gasteiger partial charge in [0.2, 0.25) is 21.8 Å². The highest BCUT2D eigenvalue weighted by atomic mass is 32.2. The van der Waals surface area contributed by atoms with Crippen molar-refractivity contribution in [1.29, 1.82) is 0 Å². The molecule has 2 amide bonds. The molecule has 1 aliphatic rings. The fourth-order valence-electron chi connectivity index (χ4n) is 3.01. The van der Waals surface area contributed by atoms with Gasteiger partial charge < -0.3 is 10.6 Å². The van der Waals surface area contributed by atoms with Gasteiger partial charge in [0.25, 0.3) is 0 Å². The maximum Gasteiger partial charge on any atom is 0.240 e. The summed E-state index contributed by atoms with van der Waals surface area (Å²) in [4.78, 5) is 23.3. The Morgan fingerprint density at radius 1 is 0.964 bits per heavy atom. The van der Waals surface area contributed by atoms with Crippen molar-refractivity contribution < 1.29 is 26.8 Å². The molecule has 1 saturated carbocycles. The number of sulfonamides is 1. The lowest BCUT2D eigenvalue weighted by Gasteiger charge is -2.20. The number of hydrogen-bond donors (Lipinski definition) is 3. The van der Waals surface area contributed by atoms with Crippen molar-refractivity contribution in [2.75, 3.05) is 19.6 Å². The van der Waals surface area contributed by atoms with Crippen LogP contribution in [0.2, 0.25) is 0 Å². The zero-order valence-electron chi connectivity index (χ0n) is 15.5. The van der Waals surface area contributed by atoms with Crippen molar-refractivity contribution in [3.8, 4) is 0 Å². The Balaban J connectivity index is 1.64. The van der Waals surface area contributed by atoms with Crippen LogP contribution in [0.1, 0.15) is 38.5 Å². The average Bonchev–Trinajstić information content (AvgIpc) is 2.67. The molecule has 0 unspecified atom stereocenters. The van der Waals surface area contributed by atoms with Crippen LogP contribution in [0, 0.1) is 17.6 Å². The molecule has 0 saturated heterocycles. The Kier molecular flexibility index (Phi) is 8.31. The summed E-state index contributed by atoms with van der Waals surface area (Å²) in [6.45, 7) is 0.358. The van der Waals surface area contributed by atoms with Crippen molar-refractivity contribution in [2.24, 2.45) is 5.92 Å². The second kappa shape index (κ2) is 10.5. The van der Waals surface area contributed by atoms with E-state index in [0.717, 1.165) is 37.8 Å². The van der Waals surface area contributed by atoms with Crippen molar-refractivity contribution in [1.82, 2.24) is 15.4 Å². The Morgan fingerprint density at radius 2 is 1.64 bits per heavy atom. The van der Waals surface area contributed by atoms with Crippen LogP contribution in [-0.2, 0) is 19.6 Å². The van der Waals surface area contributed by atoms with Crippen LogP contribution in [0.25, 0.3) is 0 Å². The molecule has 1 aliphatic carbocycles. The molecular formula is C18H25F2N3O4S. The molecular weight excluding hydrogens is 392 g/mol. The third-order valence-electron chi connectivity index (χ3n) is 4.57. The number of hydrogen-bond acceptors (Lipinski definition) is 4. The molecule has 0 heterocycles. The van der Waals surface area contributed by atoms with Gasteiger partial charge in [-0.15, -0.1) is 0 Å². The Hall–Kier alpha value is -2.07. The third-order valence-corrected chi connectivity index (χ3v) is 6.03. The molecule has 0 bridgehead atoms. The number of amides is 2. The molecule has 1 fully saturated rings. The summed E-state index contributed by atoms with van der Waals surface area (Å²) in [6.07, 6.45) is 4.97. The van der Waals surface area contributed by atoms with E-state index in [1.165, 1.54) is 6.42 Å². The fraction of sp³-hybridized carbons (Fsp3) is 0.556. The predicted octanol–water partition coefficient (Wildman–Crippen LogP) is 1.45. The molecule has 0 aromatic heterocycles. The number of carbonyl (C=O) groups excluding carboxylic acids is 2. The lowest BCUT2D eigenvalue weighted by molar-refractivity contribution is -0.126. The van der Waals surface area contributed by atoms with Crippen LogP contribution in [0.3, 0.4) is 0 Å². The normalized spacial score (nSPS) is 15.2. The van der Waals surface area contributed by atoms with Gasteiger partial charge in [-0.1, -0.05) is 19.3 Å². The summed E-state index contributed by atoms with van der Waals surface area (Å²) in [5.74, 6) is -2.74. The summed E-state index contributed by atoms with van der Waals surface area (Å²) < 4.78 is 52.1. The minimum atomic E-state index is -4.04. The van der Waals surface area contributed by atoms with E-state index in [0.29, 0.717) is 12.6 Å². The lowest BCUT2D eigenvalue weighted by Crippen LogP contribution is -2.38. The highest BCUT2D eigenvalue weighted by Gasteiger charge is 2.20. The molecule has 28 heavy (non-hydrogen) atoms. The minimum Gasteiger partial charge on any atom is -0.354 e. The van der Waals surface area contributed by atoms with E-state index in [4.69, 9.17) is 0 Å². The van der Waals surface area contributed by atoms with Gasteiger partial charge in [-0.25, -0.2) is 21.9 Å². The maximum absolute atomic E-state index is 13.1. The molecule has 0 spiro atoms. The highest BCUT2D eigenvalue weighted by molar-refractivity contribution is 7.89. The first-order valence-corrected chi connectivity index (χ1v) is 10.8. The molecule has 1 aromatic rings. The zero-order valence-corrected chi connectivity index (χ0v) is 16.3. The molecule has 1 aromatic carbocycles. The van der Waals surface area contributed by atoms with Gasteiger partial charge in [0.05, 0.1) is 4.90 Å². The third kappa shape index (κ3) is 6.83. The van der Waals surface area contributed by atoms with Crippen molar-refractivity contribution >= 4 is 21.8 Å². The SMILES string of the molecule is O=C(CCNS(=O)(=O)c1ccc(F)c(F)c1)NCCNC(=O)C1CCCCC1. The van der Waals surface area contributed by atoms with Gasteiger partial charge in [0, 0.05) is 32.0 Å². The van der Waals surface area contributed by atoms with Gasteiger partial charge in [-0.05, 0) is 31.0 Å². The van der Waals surface area contributed by atoms with Crippen LogP contribution in [0.4, 0.5) is 8.78 Å². The summed E-state index contributed by atoms with van der Waals surface area (Å²) in [7, 11) is -4.04. The van der Waals surface area contributed by atoms with E-state index in [2.05, 4.69) is 15.4 Å². The molecule has 7 nitrogen and oxygen atoms in total. The Bertz CT molecular complexity index is 796. The summed E-state index contributed by atoms with van der Waals surface area (Å²) in [5, 5.41) is 5.37. The lowest BCUT2D eigenvalue weighted by atomic mass is 9.89. The van der Waals surface area contributed by atoms with E-state index < -0.39 is 26.6 Å². The van der Waals surface area contributed by atoms with Crippen molar-refractivity contribution in [3.63, 3.8) is 0 Å². The fourth-order valence-corrected chi connectivity index (χ4v) is 4.05. The van der Waals surface area contributed by atoms with Crippen LogP contribution >= 0.6 is 0 Å². The van der Waals surface area contributed by atoms with Gasteiger partial charge in [0.15, 0.2) is 11.6 Å². The van der Waals surface area contributed by atoms with Gasteiger partial charge in [-0.3, -0.25) is 9.59 Å². The predicted molar refractivity (Wildman–Crippen MR) is 98.8 cm³/mol. The maximum atomic E-state index is 13.1. The first-order valence-electron chi connectivity index (χ1n) is 9.29. The number of benzene rings is 1. The summed E-state index contributed by atoms with van der Waals surface area (Å²) in [5.41, 5.74) is 0. The first kappa shape index (κ1) is 22.2.